The molecule has 6 nitrogen and oxygen atoms in total. The molecule has 1 amide bonds. The third-order valence-electron chi connectivity index (χ3n) is 4.73. The number of ether oxygens (including phenoxy) is 2. The lowest BCUT2D eigenvalue weighted by molar-refractivity contribution is -0.134. The fourth-order valence-electron chi connectivity index (χ4n) is 3.26. The second-order valence-electron chi connectivity index (χ2n) is 6.42. The molecule has 0 radical (unpaired) electrons. The molecule has 2 aromatic carbocycles. The predicted octanol–water partition coefficient (Wildman–Crippen LogP) is 3.45. The molecule has 0 unspecified atom stereocenters. The SMILES string of the molecule is COc1ccccc1OCC(=O)N1CCc2onc(-c3ccccc3F)c2C1. The van der Waals surface area contributed by atoms with Crippen molar-refractivity contribution in [2.75, 3.05) is 20.3 Å². The van der Waals surface area contributed by atoms with E-state index in [1.807, 2.05) is 12.1 Å². The number of rotatable bonds is 5. The summed E-state index contributed by atoms with van der Waals surface area (Å²) >= 11 is 0. The minimum Gasteiger partial charge on any atom is -0.493 e. The van der Waals surface area contributed by atoms with E-state index in [1.54, 1.807) is 42.3 Å². The number of benzene rings is 2. The van der Waals surface area contributed by atoms with Crippen molar-refractivity contribution < 1.29 is 23.2 Å². The van der Waals surface area contributed by atoms with Crippen molar-refractivity contribution >= 4 is 5.91 Å². The smallest absolute Gasteiger partial charge is 0.260 e. The van der Waals surface area contributed by atoms with Gasteiger partial charge in [0.25, 0.3) is 5.91 Å². The lowest BCUT2D eigenvalue weighted by atomic mass is 10.0. The van der Waals surface area contributed by atoms with Crippen LogP contribution in [0.4, 0.5) is 4.39 Å². The summed E-state index contributed by atoms with van der Waals surface area (Å²) in [5.41, 5.74) is 1.55. The first kappa shape index (κ1) is 18.0. The van der Waals surface area contributed by atoms with Crippen LogP contribution in [0.2, 0.25) is 0 Å². The van der Waals surface area contributed by atoms with E-state index in [4.69, 9.17) is 14.0 Å². The highest BCUT2D eigenvalue weighted by Crippen LogP contribution is 2.31. The lowest BCUT2D eigenvalue weighted by Crippen LogP contribution is -2.38. The van der Waals surface area contributed by atoms with Crippen molar-refractivity contribution in [1.29, 1.82) is 0 Å². The zero-order valence-electron chi connectivity index (χ0n) is 15.4. The van der Waals surface area contributed by atoms with E-state index in [2.05, 4.69) is 5.16 Å². The molecule has 0 N–H and O–H groups in total. The minimum absolute atomic E-state index is 0.115. The van der Waals surface area contributed by atoms with Crippen molar-refractivity contribution in [2.45, 2.75) is 13.0 Å². The van der Waals surface area contributed by atoms with E-state index in [0.29, 0.717) is 48.0 Å². The van der Waals surface area contributed by atoms with Gasteiger partial charge in [0, 0.05) is 24.1 Å². The molecule has 1 aliphatic rings. The third-order valence-corrected chi connectivity index (χ3v) is 4.73. The number of methoxy groups -OCH3 is 1. The number of amides is 1. The summed E-state index contributed by atoms with van der Waals surface area (Å²) < 4.78 is 30.4. The van der Waals surface area contributed by atoms with E-state index < -0.39 is 0 Å². The normalized spacial score (nSPS) is 13.1. The Morgan fingerprint density at radius 3 is 2.71 bits per heavy atom. The van der Waals surface area contributed by atoms with Gasteiger partial charge >= 0.3 is 0 Å². The van der Waals surface area contributed by atoms with Crippen LogP contribution in [-0.4, -0.2) is 36.2 Å². The summed E-state index contributed by atoms with van der Waals surface area (Å²) in [6.07, 6.45) is 0.525. The number of carbonyl (C=O) groups is 1. The minimum atomic E-state index is -0.374. The van der Waals surface area contributed by atoms with Crippen molar-refractivity contribution in [3.05, 3.63) is 65.7 Å². The highest BCUT2D eigenvalue weighted by molar-refractivity contribution is 5.78. The molecule has 1 aromatic heterocycles. The van der Waals surface area contributed by atoms with Gasteiger partial charge in [0.15, 0.2) is 18.1 Å². The second-order valence-corrected chi connectivity index (χ2v) is 6.42. The molecule has 0 aliphatic carbocycles. The fraction of sp³-hybridized carbons (Fsp3) is 0.238. The van der Waals surface area contributed by atoms with Crippen LogP contribution >= 0.6 is 0 Å². The number of carbonyl (C=O) groups excluding carboxylic acids is 1. The maximum absolute atomic E-state index is 14.2. The molecule has 4 rings (SSSR count). The first-order valence-corrected chi connectivity index (χ1v) is 8.93. The van der Waals surface area contributed by atoms with Gasteiger partial charge < -0.3 is 18.9 Å². The Bertz CT molecular complexity index is 1000. The quantitative estimate of drug-likeness (QED) is 0.676. The van der Waals surface area contributed by atoms with Crippen LogP contribution in [0.25, 0.3) is 11.3 Å². The van der Waals surface area contributed by atoms with Gasteiger partial charge in [-0.05, 0) is 24.3 Å². The Morgan fingerprint density at radius 1 is 1.18 bits per heavy atom. The van der Waals surface area contributed by atoms with Gasteiger partial charge in [0.05, 0.1) is 13.7 Å². The molecule has 0 bridgehead atoms. The van der Waals surface area contributed by atoms with E-state index in [0.717, 1.165) is 5.56 Å². The van der Waals surface area contributed by atoms with Gasteiger partial charge in [0.1, 0.15) is 17.3 Å². The van der Waals surface area contributed by atoms with E-state index in [-0.39, 0.29) is 18.3 Å². The van der Waals surface area contributed by atoms with Crippen LogP contribution in [0, 0.1) is 5.82 Å². The molecule has 0 saturated carbocycles. The van der Waals surface area contributed by atoms with Crippen LogP contribution in [0.5, 0.6) is 11.5 Å². The molecule has 0 atom stereocenters. The van der Waals surface area contributed by atoms with E-state index >= 15 is 0 Å². The summed E-state index contributed by atoms with van der Waals surface area (Å²) in [4.78, 5) is 14.3. The van der Waals surface area contributed by atoms with Crippen molar-refractivity contribution in [3.8, 4) is 22.8 Å². The van der Waals surface area contributed by atoms with Gasteiger partial charge in [-0.1, -0.05) is 29.4 Å². The van der Waals surface area contributed by atoms with Gasteiger partial charge in [-0.2, -0.15) is 0 Å². The van der Waals surface area contributed by atoms with Crippen LogP contribution < -0.4 is 9.47 Å². The summed E-state index contributed by atoms with van der Waals surface area (Å²) in [5.74, 6) is 1.22. The summed E-state index contributed by atoms with van der Waals surface area (Å²) in [6, 6.07) is 13.6. The monoisotopic (exact) mass is 382 g/mol. The molecule has 3 aromatic rings. The zero-order chi connectivity index (χ0) is 19.5. The molecule has 7 heteroatoms. The summed E-state index contributed by atoms with van der Waals surface area (Å²) in [6.45, 7) is 0.680. The topological polar surface area (TPSA) is 64.8 Å². The number of hydrogen-bond acceptors (Lipinski definition) is 5. The predicted molar refractivity (Wildman–Crippen MR) is 99.5 cm³/mol. The Labute approximate surface area is 161 Å². The summed E-state index contributed by atoms with van der Waals surface area (Å²) in [7, 11) is 1.55. The highest BCUT2D eigenvalue weighted by atomic mass is 19.1. The van der Waals surface area contributed by atoms with Crippen LogP contribution in [0.3, 0.4) is 0 Å². The van der Waals surface area contributed by atoms with Crippen LogP contribution in [0.15, 0.2) is 53.1 Å². The highest BCUT2D eigenvalue weighted by Gasteiger charge is 2.28. The van der Waals surface area contributed by atoms with E-state index in [9.17, 15) is 9.18 Å². The van der Waals surface area contributed by atoms with Crippen LogP contribution in [0.1, 0.15) is 11.3 Å². The molecule has 0 spiro atoms. The number of halogens is 1. The number of aromatic nitrogens is 1. The maximum Gasteiger partial charge on any atom is 0.260 e. The zero-order valence-corrected chi connectivity index (χ0v) is 15.4. The second kappa shape index (κ2) is 7.72. The van der Waals surface area contributed by atoms with Crippen molar-refractivity contribution in [3.63, 3.8) is 0 Å². The molecule has 0 saturated heterocycles. The first-order valence-electron chi connectivity index (χ1n) is 8.93. The third kappa shape index (κ3) is 3.43. The summed E-state index contributed by atoms with van der Waals surface area (Å²) in [5, 5.41) is 4.04. The van der Waals surface area contributed by atoms with E-state index in [1.165, 1.54) is 6.07 Å². The molecule has 0 fully saturated rings. The standard InChI is InChI=1S/C21H19FN2O4/c1-26-18-8-4-5-9-19(18)27-13-20(25)24-11-10-17-15(12-24)21(23-28-17)14-6-2-3-7-16(14)22/h2-9H,10-13H2,1H3. The Kier molecular flexibility index (Phi) is 4.97. The molecule has 144 valence electrons. The molecular weight excluding hydrogens is 363 g/mol. The average molecular weight is 382 g/mol. The van der Waals surface area contributed by atoms with Crippen LogP contribution in [-0.2, 0) is 17.8 Å². The number of para-hydroxylation sites is 2. The molecule has 28 heavy (non-hydrogen) atoms. The van der Waals surface area contributed by atoms with Gasteiger partial charge in [-0.3, -0.25) is 4.79 Å². The number of fused-ring (bicyclic) bond motifs is 1. The van der Waals surface area contributed by atoms with Gasteiger partial charge in [-0.15, -0.1) is 0 Å². The molecule has 1 aliphatic heterocycles. The first-order chi connectivity index (χ1) is 13.7. The Balaban J connectivity index is 1.49. The number of nitrogens with zero attached hydrogens (tertiary/aromatic N) is 2. The average Bonchev–Trinajstić information content (AvgIpc) is 3.15. The molecular formula is C21H19FN2O4. The fourth-order valence-corrected chi connectivity index (χ4v) is 3.26. The van der Waals surface area contributed by atoms with Crippen molar-refractivity contribution in [1.82, 2.24) is 10.1 Å². The molecule has 2 heterocycles. The largest absolute Gasteiger partial charge is 0.493 e. The Morgan fingerprint density at radius 2 is 1.93 bits per heavy atom. The lowest BCUT2D eigenvalue weighted by Gasteiger charge is -2.26. The Hall–Kier alpha value is -3.35. The van der Waals surface area contributed by atoms with Crippen molar-refractivity contribution in [2.24, 2.45) is 0 Å². The maximum atomic E-state index is 14.2. The van der Waals surface area contributed by atoms with Gasteiger partial charge in [-0.25, -0.2) is 4.39 Å². The number of hydrogen-bond donors (Lipinski definition) is 0. The van der Waals surface area contributed by atoms with Gasteiger partial charge in [0.2, 0.25) is 0 Å².